The number of hydrogen-bond acceptors (Lipinski definition) is 4. The van der Waals surface area contributed by atoms with E-state index in [1.54, 1.807) is 12.1 Å². The van der Waals surface area contributed by atoms with Gasteiger partial charge in [-0.2, -0.15) is 13.2 Å². The zero-order valence-electron chi connectivity index (χ0n) is 11.7. The predicted molar refractivity (Wildman–Crippen MR) is 69.8 cm³/mol. The average Bonchev–Trinajstić information content (AvgIpc) is 2.53. The van der Waals surface area contributed by atoms with E-state index < -0.39 is 36.5 Å². The smallest absolute Gasteiger partial charge is 0.352 e. The number of benzene rings is 1. The Bertz CT molecular complexity index is 543. The maximum Gasteiger partial charge on any atom is 0.417 e. The van der Waals surface area contributed by atoms with Crippen molar-refractivity contribution in [3.63, 3.8) is 0 Å². The molecule has 0 N–H and O–H groups in total. The summed E-state index contributed by atoms with van der Waals surface area (Å²) in [5, 5.41) is 0. The molecule has 0 spiro atoms. The van der Waals surface area contributed by atoms with Gasteiger partial charge in [0.1, 0.15) is 12.2 Å². The van der Waals surface area contributed by atoms with Crippen molar-refractivity contribution in [1.82, 2.24) is 0 Å². The summed E-state index contributed by atoms with van der Waals surface area (Å²) in [6.07, 6.45) is -7.13. The van der Waals surface area contributed by atoms with Crippen LogP contribution in [-0.2, 0) is 18.9 Å². The van der Waals surface area contributed by atoms with Gasteiger partial charge in [0.25, 0.3) is 0 Å². The van der Waals surface area contributed by atoms with Gasteiger partial charge in [-0.05, 0) is 6.08 Å². The summed E-state index contributed by atoms with van der Waals surface area (Å²) in [5.41, 5.74) is -0.137. The Labute approximate surface area is 125 Å². The fraction of sp³-hybridized carbons (Fsp3) is 0.467. The van der Waals surface area contributed by atoms with Gasteiger partial charge < -0.3 is 18.9 Å². The van der Waals surface area contributed by atoms with Crippen LogP contribution in [0.25, 0.3) is 0 Å². The van der Waals surface area contributed by atoms with Crippen molar-refractivity contribution in [2.45, 2.75) is 31.0 Å². The summed E-state index contributed by atoms with van der Waals surface area (Å²) in [5.74, 6) is 0. The second-order valence-corrected chi connectivity index (χ2v) is 5.04. The van der Waals surface area contributed by atoms with Gasteiger partial charge >= 0.3 is 6.18 Å². The normalized spacial score (nSPS) is 32.3. The highest BCUT2D eigenvalue weighted by atomic mass is 19.4. The van der Waals surface area contributed by atoms with Crippen LogP contribution >= 0.6 is 0 Å². The fourth-order valence-corrected chi connectivity index (χ4v) is 2.49. The van der Waals surface area contributed by atoms with Crippen LogP contribution < -0.4 is 0 Å². The van der Waals surface area contributed by atoms with Crippen LogP contribution in [0, 0.1) is 0 Å². The number of fused-ring (bicyclic) bond motifs is 1. The molecule has 0 amide bonds. The molecule has 4 atom stereocenters. The van der Waals surface area contributed by atoms with Gasteiger partial charge in [0.05, 0.1) is 12.2 Å². The Balaban J connectivity index is 1.83. The molecule has 1 saturated heterocycles. The molecule has 1 aromatic rings. The molecule has 3 rings (SSSR count). The van der Waals surface area contributed by atoms with Crippen LogP contribution in [0.5, 0.6) is 0 Å². The molecule has 22 heavy (non-hydrogen) atoms. The van der Waals surface area contributed by atoms with E-state index in [-0.39, 0.29) is 6.61 Å². The van der Waals surface area contributed by atoms with Gasteiger partial charge in [-0.15, -0.1) is 0 Å². The van der Waals surface area contributed by atoms with Crippen molar-refractivity contribution in [2.24, 2.45) is 0 Å². The van der Waals surface area contributed by atoms with Gasteiger partial charge in [0.2, 0.25) is 0 Å². The van der Waals surface area contributed by atoms with Crippen molar-refractivity contribution >= 4 is 0 Å². The summed E-state index contributed by atoms with van der Waals surface area (Å²) >= 11 is 0. The molecule has 7 heteroatoms. The fourth-order valence-electron chi connectivity index (χ4n) is 2.49. The third kappa shape index (κ3) is 3.03. The number of halogens is 3. The first-order chi connectivity index (χ1) is 10.5. The van der Waals surface area contributed by atoms with Crippen LogP contribution in [0.15, 0.2) is 42.0 Å². The third-order valence-electron chi connectivity index (χ3n) is 3.57. The van der Waals surface area contributed by atoms with E-state index in [1.165, 1.54) is 7.11 Å². The highest BCUT2D eigenvalue weighted by Gasteiger charge is 2.47. The van der Waals surface area contributed by atoms with E-state index in [4.69, 9.17) is 18.9 Å². The molecular formula is C15H15F3O4. The Morgan fingerprint density at radius 3 is 2.50 bits per heavy atom. The second kappa shape index (κ2) is 6.00. The Kier molecular flexibility index (Phi) is 4.22. The first-order valence-corrected chi connectivity index (χ1v) is 6.78. The van der Waals surface area contributed by atoms with Gasteiger partial charge in [-0.3, -0.25) is 0 Å². The molecule has 1 fully saturated rings. The number of rotatable bonds is 2. The summed E-state index contributed by atoms with van der Waals surface area (Å²) in [6, 6.07) is 9.04. The summed E-state index contributed by atoms with van der Waals surface area (Å²) in [4.78, 5) is 0. The van der Waals surface area contributed by atoms with Crippen molar-refractivity contribution in [1.29, 1.82) is 0 Å². The highest BCUT2D eigenvalue weighted by molar-refractivity contribution is 5.21. The van der Waals surface area contributed by atoms with Crippen molar-refractivity contribution in [3.8, 4) is 0 Å². The highest BCUT2D eigenvalue weighted by Crippen LogP contribution is 2.38. The van der Waals surface area contributed by atoms with Crippen LogP contribution in [0.3, 0.4) is 0 Å². The van der Waals surface area contributed by atoms with E-state index in [0.29, 0.717) is 0 Å². The van der Waals surface area contributed by atoms with E-state index in [2.05, 4.69) is 0 Å². The zero-order chi connectivity index (χ0) is 15.7. The number of alkyl halides is 3. The Morgan fingerprint density at radius 2 is 1.86 bits per heavy atom. The van der Waals surface area contributed by atoms with E-state index >= 15 is 0 Å². The molecule has 1 aromatic carbocycles. The molecule has 2 aliphatic heterocycles. The molecule has 0 bridgehead atoms. The Hall–Kier alpha value is -1.41. The number of methoxy groups -OCH3 is 1. The largest absolute Gasteiger partial charge is 0.417 e. The molecule has 2 heterocycles. The van der Waals surface area contributed by atoms with E-state index in [1.807, 2.05) is 18.2 Å². The lowest BCUT2D eigenvalue weighted by Gasteiger charge is -2.40. The van der Waals surface area contributed by atoms with Crippen molar-refractivity contribution < 1.29 is 32.1 Å². The summed E-state index contributed by atoms with van der Waals surface area (Å²) < 4.78 is 60.3. The van der Waals surface area contributed by atoms with Gasteiger partial charge in [-0.25, -0.2) is 0 Å². The number of ether oxygens (including phenoxy) is 4. The van der Waals surface area contributed by atoms with Crippen molar-refractivity contribution in [3.05, 3.63) is 47.5 Å². The maximum absolute atomic E-state index is 13.0. The molecule has 0 unspecified atom stereocenters. The van der Waals surface area contributed by atoms with Crippen LogP contribution in [0.2, 0.25) is 0 Å². The summed E-state index contributed by atoms with van der Waals surface area (Å²) in [6.45, 7) is 0.131. The topological polar surface area (TPSA) is 36.9 Å². The molecule has 2 aliphatic rings. The third-order valence-corrected chi connectivity index (χ3v) is 3.57. The first kappa shape index (κ1) is 15.5. The number of hydrogen-bond donors (Lipinski definition) is 0. The van der Waals surface area contributed by atoms with Gasteiger partial charge in [0, 0.05) is 12.7 Å². The van der Waals surface area contributed by atoms with E-state index in [9.17, 15) is 13.2 Å². The molecule has 0 radical (unpaired) electrons. The molecule has 4 nitrogen and oxygen atoms in total. The lowest BCUT2D eigenvalue weighted by atomic mass is 10.0. The van der Waals surface area contributed by atoms with Gasteiger partial charge in [0.15, 0.2) is 12.6 Å². The van der Waals surface area contributed by atoms with Crippen LogP contribution in [0.1, 0.15) is 11.9 Å². The monoisotopic (exact) mass is 316 g/mol. The first-order valence-electron chi connectivity index (χ1n) is 6.78. The zero-order valence-corrected chi connectivity index (χ0v) is 11.7. The summed E-state index contributed by atoms with van der Waals surface area (Å²) in [7, 11) is 1.17. The van der Waals surface area contributed by atoms with Crippen LogP contribution in [-0.4, -0.2) is 38.4 Å². The van der Waals surface area contributed by atoms with Crippen molar-refractivity contribution in [2.75, 3.05) is 13.7 Å². The standard InChI is InChI=1S/C15H15F3O4/c1-19-14-10(15(16,17)18)7-11-12(22-14)8-20-13(21-11)9-5-3-2-4-6-9/h2-7,11-14H,8H2,1H3/t11-,12+,13+,14-/m0/s1. The molecule has 0 aliphatic carbocycles. The molecule has 0 aromatic heterocycles. The lowest BCUT2D eigenvalue weighted by molar-refractivity contribution is -0.291. The average molecular weight is 316 g/mol. The molecule has 120 valence electrons. The minimum Gasteiger partial charge on any atom is -0.352 e. The maximum atomic E-state index is 13.0. The molecule has 0 saturated carbocycles. The lowest BCUT2D eigenvalue weighted by Crippen LogP contribution is -2.49. The minimum atomic E-state index is -4.53. The molecular weight excluding hydrogens is 301 g/mol. The Morgan fingerprint density at radius 1 is 1.14 bits per heavy atom. The second-order valence-electron chi connectivity index (χ2n) is 5.04. The van der Waals surface area contributed by atoms with E-state index in [0.717, 1.165) is 11.6 Å². The quantitative estimate of drug-likeness (QED) is 0.786. The SMILES string of the molecule is CO[C@H]1O[C@@H]2CO[C@@H](c3ccccc3)O[C@H]2C=C1C(F)(F)F. The van der Waals surface area contributed by atoms with Gasteiger partial charge in [-0.1, -0.05) is 30.3 Å². The minimum absolute atomic E-state index is 0.131. The predicted octanol–water partition coefficient (Wildman–Crippen LogP) is 2.96. The van der Waals surface area contributed by atoms with Crippen LogP contribution in [0.4, 0.5) is 13.2 Å².